The van der Waals surface area contributed by atoms with E-state index in [0.717, 1.165) is 17.2 Å². The van der Waals surface area contributed by atoms with Crippen LogP contribution in [0.3, 0.4) is 0 Å². The summed E-state index contributed by atoms with van der Waals surface area (Å²) in [5.41, 5.74) is 0.547. The second kappa shape index (κ2) is 7.76. The molecule has 3 aromatic rings. The number of rotatable bonds is 5. The number of ether oxygens (including phenoxy) is 1. The average Bonchev–Trinajstić information content (AvgIpc) is 2.64. The zero-order chi connectivity index (χ0) is 17.6. The Labute approximate surface area is 148 Å². The predicted molar refractivity (Wildman–Crippen MR) is 94.7 cm³/mol. The average molecular weight is 355 g/mol. The summed E-state index contributed by atoms with van der Waals surface area (Å²) in [5.74, 6) is -0.588. The lowest BCUT2D eigenvalue weighted by atomic mass is 10.2. The first kappa shape index (κ1) is 16.9. The van der Waals surface area contributed by atoms with Crippen LogP contribution in [0.2, 0.25) is 0 Å². The Morgan fingerprint density at radius 3 is 2.76 bits per heavy atom. The van der Waals surface area contributed by atoms with Gasteiger partial charge in [-0.05, 0) is 42.7 Å². The molecule has 0 saturated carbocycles. The Hall–Kier alpha value is -2.93. The van der Waals surface area contributed by atoms with Gasteiger partial charge in [-0.15, -0.1) is 11.8 Å². The number of thioether (sulfide) groups is 1. The van der Waals surface area contributed by atoms with Crippen LogP contribution in [0, 0.1) is 5.82 Å². The van der Waals surface area contributed by atoms with E-state index in [0.29, 0.717) is 11.4 Å². The molecule has 3 rings (SSSR count). The number of aromatic nitrogens is 2. The lowest BCUT2D eigenvalue weighted by molar-refractivity contribution is 0.102. The molecule has 2 aromatic heterocycles. The van der Waals surface area contributed by atoms with Crippen LogP contribution in [-0.2, 0) is 0 Å². The SMILES string of the molecule is CSc1cccc(Oc2ncc(F)cc2C(=O)Nc2ccncc2)c1. The Kier molecular flexibility index (Phi) is 5.25. The van der Waals surface area contributed by atoms with Gasteiger partial charge in [-0.3, -0.25) is 9.78 Å². The van der Waals surface area contributed by atoms with Crippen molar-refractivity contribution < 1.29 is 13.9 Å². The maximum atomic E-state index is 13.6. The minimum atomic E-state index is -0.620. The lowest BCUT2D eigenvalue weighted by Gasteiger charge is -2.11. The minimum absolute atomic E-state index is 0.00590. The number of nitrogens with zero attached hydrogens (tertiary/aromatic N) is 2. The van der Waals surface area contributed by atoms with Crippen LogP contribution in [0.25, 0.3) is 0 Å². The summed E-state index contributed by atoms with van der Waals surface area (Å²) in [4.78, 5) is 21.3. The van der Waals surface area contributed by atoms with E-state index in [1.54, 1.807) is 42.4 Å². The Balaban J connectivity index is 1.88. The molecule has 7 heteroatoms. The summed E-state index contributed by atoms with van der Waals surface area (Å²) in [6.45, 7) is 0. The van der Waals surface area contributed by atoms with Crippen molar-refractivity contribution in [3.63, 3.8) is 0 Å². The molecular formula is C18H14FN3O2S. The van der Waals surface area contributed by atoms with Crippen LogP contribution in [0.1, 0.15) is 10.4 Å². The van der Waals surface area contributed by atoms with Crippen LogP contribution in [0.4, 0.5) is 10.1 Å². The molecule has 5 nitrogen and oxygen atoms in total. The maximum Gasteiger partial charge on any atom is 0.261 e. The number of halogens is 1. The highest BCUT2D eigenvalue weighted by Crippen LogP contribution is 2.27. The number of nitrogens with one attached hydrogen (secondary N) is 1. The van der Waals surface area contributed by atoms with E-state index >= 15 is 0 Å². The Morgan fingerprint density at radius 2 is 2.00 bits per heavy atom. The molecule has 1 amide bonds. The summed E-state index contributed by atoms with van der Waals surface area (Å²) < 4.78 is 19.3. The van der Waals surface area contributed by atoms with Gasteiger partial charge in [0.05, 0.1) is 6.20 Å². The van der Waals surface area contributed by atoms with Gasteiger partial charge in [0.25, 0.3) is 5.91 Å². The fourth-order valence-corrected chi connectivity index (χ4v) is 2.53. The van der Waals surface area contributed by atoms with Gasteiger partial charge >= 0.3 is 0 Å². The molecule has 1 aromatic carbocycles. The highest BCUT2D eigenvalue weighted by atomic mass is 32.2. The zero-order valence-electron chi connectivity index (χ0n) is 13.3. The number of carbonyl (C=O) groups excluding carboxylic acids is 1. The number of hydrogen-bond acceptors (Lipinski definition) is 5. The predicted octanol–water partition coefficient (Wildman–Crippen LogP) is 4.38. The summed E-state index contributed by atoms with van der Waals surface area (Å²) in [6.07, 6.45) is 6.05. The Morgan fingerprint density at radius 1 is 1.20 bits per heavy atom. The first-order valence-electron chi connectivity index (χ1n) is 7.34. The number of hydrogen-bond donors (Lipinski definition) is 1. The van der Waals surface area contributed by atoms with E-state index in [2.05, 4.69) is 15.3 Å². The van der Waals surface area contributed by atoms with Crippen LogP contribution in [0.15, 0.2) is 66.0 Å². The van der Waals surface area contributed by atoms with E-state index < -0.39 is 11.7 Å². The molecule has 0 aliphatic carbocycles. The monoisotopic (exact) mass is 355 g/mol. The normalized spacial score (nSPS) is 10.3. The third-order valence-corrected chi connectivity index (χ3v) is 3.98. The second-order valence-electron chi connectivity index (χ2n) is 4.98. The molecule has 2 heterocycles. The number of benzene rings is 1. The van der Waals surface area contributed by atoms with Gasteiger partial charge < -0.3 is 10.1 Å². The molecule has 0 spiro atoms. The zero-order valence-corrected chi connectivity index (χ0v) is 14.1. The molecule has 0 aliphatic rings. The van der Waals surface area contributed by atoms with E-state index in [4.69, 9.17) is 4.74 Å². The van der Waals surface area contributed by atoms with E-state index in [-0.39, 0.29) is 11.4 Å². The van der Waals surface area contributed by atoms with Gasteiger partial charge in [0, 0.05) is 23.0 Å². The van der Waals surface area contributed by atoms with Crippen molar-refractivity contribution in [1.29, 1.82) is 0 Å². The first-order chi connectivity index (χ1) is 12.2. The highest BCUT2D eigenvalue weighted by molar-refractivity contribution is 7.98. The smallest absolute Gasteiger partial charge is 0.261 e. The summed E-state index contributed by atoms with van der Waals surface area (Å²) in [6, 6.07) is 11.7. The first-order valence-corrected chi connectivity index (χ1v) is 8.57. The van der Waals surface area contributed by atoms with Crippen molar-refractivity contribution in [2.45, 2.75) is 4.90 Å². The molecule has 126 valence electrons. The third-order valence-electron chi connectivity index (χ3n) is 3.26. The standard InChI is InChI=1S/C18H14FN3O2S/c1-25-15-4-2-3-14(10-15)24-18-16(9-12(19)11-21-18)17(23)22-13-5-7-20-8-6-13/h2-11H,1H3,(H,20,22,23). The summed E-state index contributed by atoms with van der Waals surface area (Å²) in [7, 11) is 0. The molecular weight excluding hydrogens is 341 g/mol. The largest absolute Gasteiger partial charge is 0.438 e. The van der Waals surface area contributed by atoms with Crippen LogP contribution in [-0.4, -0.2) is 22.1 Å². The van der Waals surface area contributed by atoms with Gasteiger partial charge in [-0.1, -0.05) is 6.07 Å². The van der Waals surface area contributed by atoms with Crippen LogP contribution in [0.5, 0.6) is 11.6 Å². The fourth-order valence-electron chi connectivity index (χ4n) is 2.08. The van der Waals surface area contributed by atoms with Crippen molar-refractivity contribution in [3.05, 3.63) is 72.4 Å². The Bertz CT molecular complexity index is 890. The van der Waals surface area contributed by atoms with Crippen molar-refractivity contribution in [1.82, 2.24) is 9.97 Å². The molecule has 0 bridgehead atoms. The molecule has 25 heavy (non-hydrogen) atoms. The highest BCUT2D eigenvalue weighted by Gasteiger charge is 2.17. The molecule has 0 unspecified atom stereocenters. The number of amides is 1. The molecule has 0 fully saturated rings. The molecule has 0 saturated heterocycles. The number of pyridine rings is 2. The number of anilines is 1. The molecule has 1 N–H and O–H groups in total. The van der Waals surface area contributed by atoms with Gasteiger partial charge in [0.2, 0.25) is 5.88 Å². The quantitative estimate of drug-likeness (QED) is 0.688. The van der Waals surface area contributed by atoms with E-state index in [9.17, 15) is 9.18 Å². The minimum Gasteiger partial charge on any atom is -0.438 e. The van der Waals surface area contributed by atoms with Crippen molar-refractivity contribution in [2.75, 3.05) is 11.6 Å². The van der Waals surface area contributed by atoms with Crippen molar-refractivity contribution in [3.8, 4) is 11.6 Å². The van der Waals surface area contributed by atoms with Gasteiger partial charge in [0.15, 0.2) is 0 Å². The van der Waals surface area contributed by atoms with E-state index in [1.165, 1.54) is 0 Å². The van der Waals surface area contributed by atoms with Gasteiger partial charge in [0.1, 0.15) is 17.1 Å². The lowest BCUT2D eigenvalue weighted by Crippen LogP contribution is -2.14. The maximum absolute atomic E-state index is 13.6. The molecule has 0 radical (unpaired) electrons. The van der Waals surface area contributed by atoms with E-state index in [1.807, 2.05) is 24.5 Å². The summed E-state index contributed by atoms with van der Waals surface area (Å²) >= 11 is 1.56. The fraction of sp³-hybridized carbons (Fsp3) is 0.0556. The van der Waals surface area contributed by atoms with Gasteiger partial charge in [-0.2, -0.15) is 0 Å². The van der Waals surface area contributed by atoms with Crippen LogP contribution >= 0.6 is 11.8 Å². The summed E-state index contributed by atoms with van der Waals surface area (Å²) in [5, 5.41) is 2.66. The second-order valence-corrected chi connectivity index (χ2v) is 5.86. The topological polar surface area (TPSA) is 64.1 Å². The van der Waals surface area contributed by atoms with Crippen molar-refractivity contribution >= 4 is 23.4 Å². The molecule has 0 aliphatic heterocycles. The molecule has 0 atom stereocenters. The number of carbonyl (C=O) groups is 1. The third kappa shape index (κ3) is 4.33. The van der Waals surface area contributed by atoms with Gasteiger partial charge in [-0.25, -0.2) is 9.37 Å². The van der Waals surface area contributed by atoms with Crippen LogP contribution < -0.4 is 10.1 Å². The van der Waals surface area contributed by atoms with Crippen molar-refractivity contribution in [2.24, 2.45) is 0 Å².